The molecule has 0 aliphatic heterocycles. The van der Waals surface area contributed by atoms with E-state index < -0.39 is 5.41 Å². The van der Waals surface area contributed by atoms with Crippen molar-refractivity contribution in [3.8, 4) is 6.07 Å². The van der Waals surface area contributed by atoms with Crippen LogP contribution in [0, 0.1) is 16.7 Å². The van der Waals surface area contributed by atoms with Crippen LogP contribution in [0.2, 0.25) is 0 Å². The second-order valence-corrected chi connectivity index (χ2v) is 5.62. The van der Waals surface area contributed by atoms with Gasteiger partial charge >= 0.3 is 0 Å². The molecule has 0 atom stereocenters. The average Bonchev–Trinajstić information content (AvgIpc) is 2.48. The second-order valence-electron chi connectivity index (χ2n) is 5.62. The molecule has 5 nitrogen and oxygen atoms in total. The Bertz CT molecular complexity index is 683. The van der Waals surface area contributed by atoms with Crippen LogP contribution in [0.3, 0.4) is 0 Å². The maximum absolute atomic E-state index is 12.7. The molecule has 0 fully saturated rings. The molecule has 1 amide bonds. The molecular weight excluding hydrogens is 264 g/mol. The number of nitriles is 1. The van der Waals surface area contributed by atoms with Gasteiger partial charge in [0.1, 0.15) is 0 Å². The first kappa shape index (κ1) is 14.7. The summed E-state index contributed by atoms with van der Waals surface area (Å²) in [5, 5.41) is 9.03. The van der Waals surface area contributed by atoms with Crippen molar-refractivity contribution in [1.82, 2.24) is 9.97 Å². The summed E-state index contributed by atoms with van der Waals surface area (Å²) in [7, 11) is 0. The lowest BCUT2D eigenvalue weighted by Gasteiger charge is -2.28. The van der Waals surface area contributed by atoms with Crippen LogP contribution < -0.4 is 4.90 Å². The van der Waals surface area contributed by atoms with Crippen LogP contribution in [0.5, 0.6) is 0 Å². The third-order valence-electron chi connectivity index (χ3n) is 2.86. The maximum Gasteiger partial charge on any atom is 0.238 e. The number of carbonyl (C=O) groups is 1. The summed E-state index contributed by atoms with van der Waals surface area (Å²) in [6.45, 7) is 5.52. The number of rotatable bonds is 2. The summed E-state index contributed by atoms with van der Waals surface area (Å²) < 4.78 is 0. The molecule has 0 aliphatic carbocycles. The Labute approximate surface area is 123 Å². The van der Waals surface area contributed by atoms with E-state index in [-0.39, 0.29) is 5.91 Å². The number of benzene rings is 1. The molecule has 0 saturated carbocycles. The van der Waals surface area contributed by atoms with Crippen molar-refractivity contribution in [2.24, 2.45) is 5.41 Å². The summed E-state index contributed by atoms with van der Waals surface area (Å²) in [4.78, 5) is 22.5. The van der Waals surface area contributed by atoms with Crippen LogP contribution in [-0.4, -0.2) is 15.9 Å². The van der Waals surface area contributed by atoms with E-state index in [2.05, 4.69) is 16.0 Å². The molecule has 2 rings (SSSR count). The topological polar surface area (TPSA) is 69.9 Å². The molecule has 0 unspecified atom stereocenters. The van der Waals surface area contributed by atoms with Gasteiger partial charge in [-0.1, -0.05) is 26.8 Å². The van der Waals surface area contributed by atoms with E-state index in [4.69, 9.17) is 5.26 Å². The minimum absolute atomic E-state index is 0.113. The minimum Gasteiger partial charge on any atom is -0.273 e. The molecule has 21 heavy (non-hydrogen) atoms. The first-order chi connectivity index (χ1) is 9.93. The summed E-state index contributed by atoms with van der Waals surface area (Å²) in [5.41, 5.74) is 0.512. The van der Waals surface area contributed by atoms with E-state index in [1.165, 1.54) is 17.3 Å². The molecule has 0 spiro atoms. The zero-order valence-corrected chi connectivity index (χ0v) is 12.2. The van der Waals surface area contributed by atoms with Crippen molar-refractivity contribution in [2.45, 2.75) is 20.8 Å². The molecule has 0 radical (unpaired) electrons. The zero-order valence-electron chi connectivity index (χ0n) is 12.2. The van der Waals surface area contributed by atoms with Crippen molar-refractivity contribution >= 4 is 17.4 Å². The van der Waals surface area contributed by atoms with Gasteiger partial charge in [-0.05, 0) is 18.2 Å². The average molecular weight is 280 g/mol. The predicted molar refractivity (Wildman–Crippen MR) is 79.8 cm³/mol. The predicted octanol–water partition coefficient (Wildman–Crippen LogP) is 3.06. The first-order valence-corrected chi connectivity index (χ1v) is 6.54. The number of hydrogen-bond donors (Lipinski definition) is 0. The van der Waals surface area contributed by atoms with E-state index in [0.717, 1.165) is 0 Å². The molecule has 5 heteroatoms. The van der Waals surface area contributed by atoms with Gasteiger partial charge in [0.25, 0.3) is 0 Å². The van der Waals surface area contributed by atoms with Crippen molar-refractivity contribution in [3.05, 3.63) is 48.4 Å². The third kappa shape index (κ3) is 3.23. The smallest absolute Gasteiger partial charge is 0.238 e. The molecule has 1 aromatic carbocycles. The van der Waals surface area contributed by atoms with Gasteiger partial charge < -0.3 is 0 Å². The van der Waals surface area contributed by atoms with Gasteiger partial charge in [0, 0.05) is 17.8 Å². The SMILES string of the molecule is CC(C)(C)C(=O)N(c1cccc(C#N)c1)c1cnccn1. The number of carbonyl (C=O) groups excluding carboxylic acids is 1. The fourth-order valence-electron chi connectivity index (χ4n) is 1.81. The summed E-state index contributed by atoms with van der Waals surface area (Å²) in [6.07, 6.45) is 4.62. The molecule has 2 aromatic rings. The molecule has 0 aliphatic rings. The van der Waals surface area contributed by atoms with E-state index in [1.54, 1.807) is 30.5 Å². The van der Waals surface area contributed by atoms with Crippen molar-refractivity contribution < 1.29 is 4.79 Å². The fourth-order valence-corrected chi connectivity index (χ4v) is 1.81. The highest BCUT2D eigenvalue weighted by Crippen LogP contribution is 2.29. The van der Waals surface area contributed by atoms with Gasteiger partial charge in [-0.25, -0.2) is 4.98 Å². The summed E-state index contributed by atoms with van der Waals surface area (Å²) >= 11 is 0. The highest BCUT2D eigenvalue weighted by molar-refractivity contribution is 6.02. The number of hydrogen-bond acceptors (Lipinski definition) is 4. The molecule has 1 aromatic heterocycles. The number of amides is 1. The number of nitrogens with zero attached hydrogens (tertiary/aromatic N) is 4. The Balaban J connectivity index is 2.56. The number of aromatic nitrogens is 2. The van der Waals surface area contributed by atoms with Crippen LogP contribution in [0.1, 0.15) is 26.3 Å². The molecule has 0 N–H and O–H groups in total. The van der Waals surface area contributed by atoms with Crippen molar-refractivity contribution in [1.29, 1.82) is 5.26 Å². The minimum atomic E-state index is -0.583. The van der Waals surface area contributed by atoms with E-state index in [1.807, 2.05) is 20.8 Å². The van der Waals surface area contributed by atoms with Gasteiger partial charge in [-0.2, -0.15) is 5.26 Å². The standard InChI is InChI=1S/C16H16N4O/c1-16(2,3)15(21)20(14-11-18-7-8-19-14)13-6-4-5-12(9-13)10-17/h4-9,11H,1-3H3. The van der Waals surface area contributed by atoms with Crippen LogP contribution in [0.15, 0.2) is 42.9 Å². The van der Waals surface area contributed by atoms with E-state index in [9.17, 15) is 4.79 Å². The maximum atomic E-state index is 12.7. The molecule has 0 saturated heterocycles. The summed E-state index contributed by atoms with van der Waals surface area (Å²) in [6, 6.07) is 8.96. The Kier molecular flexibility index (Phi) is 3.99. The highest BCUT2D eigenvalue weighted by atomic mass is 16.2. The van der Waals surface area contributed by atoms with Gasteiger partial charge in [-0.3, -0.25) is 14.7 Å². The Morgan fingerprint density at radius 3 is 2.62 bits per heavy atom. The Morgan fingerprint density at radius 2 is 2.05 bits per heavy atom. The Morgan fingerprint density at radius 1 is 1.29 bits per heavy atom. The fraction of sp³-hybridized carbons (Fsp3) is 0.250. The van der Waals surface area contributed by atoms with Crippen molar-refractivity contribution in [3.63, 3.8) is 0 Å². The largest absolute Gasteiger partial charge is 0.273 e. The molecule has 1 heterocycles. The van der Waals surface area contributed by atoms with Crippen LogP contribution in [0.25, 0.3) is 0 Å². The van der Waals surface area contributed by atoms with Crippen LogP contribution in [0.4, 0.5) is 11.5 Å². The van der Waals surface area contributed by atoms with Gasteiger partial charge in [0.05, 0.1) is 23.5 Å². The van der Waals surface area contributed by atoms with E-state index >= 15 is 0 Å². The second kappa shape index (κ2) is 5.71. The molecule has 106 valence electrons. The lowest BCUT2D eigenvalue weighted by atomic mass is 9.94. The third-order valence-corrected chi connectivity index (χ3v) is 2.86. The number of anilines is 2. The molecule has 0 bridgehead atoms. The van der Waals surface area contributed by atoms with Gasteiger partial charge in [-0.15, -0.1) is 0 Å². The van der Waals surface area contributed by atoms with Crippen LogP contribution in [-0.2, 0) is 4.79 Å². The normalized spacial score (nSPS) is 10.8. The van der Waals surface area contributed by atoms with E-state index in [0.29, 0.717) is 17.1 Å². The molecular formula is C16H16N4O. The highest BCUT2D eigenvalue weighted by Gasteiger charge is 2.30. The monoisotopic (exact) mass is 280 g/mol. The Hall–Kier alpha value is -2.74. The zero-order chi connectivity index (χ0) is 15.5. The van der Waals surface area contributed by atoms with Gasteiger partial charge in [0.15, 0.2) is 5.82 Å². The van der Waals surface area contributed by atoms with Gasteiger partial charge in [0.2, 0.25) is 5.91 Å². The quantitative estimate of drug-likeness (QED) is 0.847. The van der Waals surface area contributed by atoms with Crippen LogP contribution >= 0.6 is 0 Å². The van der Waals surface area contributed by atoms with Crippen molar-refractivity contribution in [2.75, 3.05) is 4.90 Å². The summed E-state index contributed by atoms with van der Waals surface area (Å²) in [5.74, 6) is 0.325. The lowest BCUT2D eigenvalue weighted by Crippen LogP contribution is -2.36. The first-order valence-electron chi connectivity index (χ1n) is 6.54. The lowest BCUT2D eigenvalue weighted by molar-refractivity contribution is -0.125.